The number of fused-ring (bicyclic) bond motifs is 1. The van der Waals surface area contributed by atoms with Crippen LogP contribution in [0.1, 0.15) is 28.4 Å². The van der Waals surface area contributed by atoms with E-state index in [-0.39, 0.29) is 22.9 Å². The normalized spacial score (nSPS) is 16.9. The Bertz CT molecular complexity index is 1060. The molecule has 2 aromatic heterocycles. The summed E-state index contributed by atoms with van der Waals surface area (Å²) in [6.45, 7) is 3.09. The van der Waals surface area contributed by atoms with Crippen molar-refractivity contribution in [3.63, 3.8) is 0 Å². The number of nitrogens with one attached hydrogen (secondary N) is 1. The third kappa shape index (κ3) is 3.58. The zero-order chi connectivity index (χ0) is 19.7. The first-order valence-electron chi connectivity index (χ1n) is 8.91. The molecule has 1 aliphatic rings. The van der Waals surface area contributed by atoms with E-state index in [1.54, 1.807) is 12.3 Å². The minimum atomic E-state index is -3.74. The Balaban J connectivity index is 1.55. The predicted octanol–water partition coefficient (Wildman–Crippen LogP) is 3.01. The molecule has 1 aliphatic heterocycles. The number of sulfonamides is 1. The lowest BCUT2D eigenvalue weighted by molar-refractivity contribution is 0.0730. The van der Waals surface area contributed by atoms with Gasteiger partial charge in [0.2, 0.25) is 10.0 Å². The fourth-order valence-corrected chi connectivity index (χ4v) is 5.85. The summed E-state index contributed by atoms with van der Waals surface area (Å²) in [5, 5.41) is 5.41. The highest BCUT2D eigenvalue weighted by molar-refractivity contribution is 7.89. The molecule has 1 unspecified atom stereocenters. The molecule has 28 heavy (non-hydrogen) atoms. The van der Waals surface area contributed by atoms with Gasteiger partial charge in [0.1, 0.15) is 21.1 Å². The molecule has 1 atom stereocenters. The van der Waals surface area contributed by atoms with Crippen molar-refractivity contribution in [2.24, 2.45) is 0 Å². The number of carbonyl (C=O) groups excluding carboxylic acids is 1. The molecule has 7 nitrogen and oxygen atoms in total. The zero-order valence-electron chi connectivity index (χ0n) is 15.3. The van der Waals surface area contributed by atoms with E-state index in [9.17, 15) is 13.2 Å². The molecule has 1 aromatic carbocycles. The number of hydrogen-bond acceptors (Lipinski definition) is 6. The van der Waals surface area contributed by atoms with Crippen molar-refractivity contribution in [3.8, 4) is 0 Å². The van der Waals surface area contributed by atoms with Crippen LogP contribution in [0.15, 0.2) is 51.1 Å². The largest absolute Gasteiger partial charge is 0.459 e. The van der Waals surface area contributed by atoms with Crippen LogP contribution in [0.4, 0.5) is 0 Å². The number of nitrogens with zero attached hydrogens (tertiary/aromatic N) is 1. The molecule has 1 N–H and O–H groups in total. The molecule has 3 heterocycles. The van der Waals surface area contributed by atoms with Gasteiger partial charge in [0.05, 0.1) is 19.3 Å². The van der Waals surface area contributed by atoms with Crippen LogP contribution in [0, 0.1) is 0 Å². The van der Waals surface area contributed by atoms with E-state index < -0.39 is 22.0 Å². The fraction of sp³-hybridized carbons (Fsp3) is 0.316. The van der Waals surface area contributed by atoms with Crippen molar-refractivity contribution < 1.29 is 22.4 Å². The quantitative estimate of drug-likeness (QED) is 0.685. The van der Waals surface area contributed by atoms with Crippen molar-refractivity contribution in [1.82, 2.24) is 9.62 Å². The molecular formula is C19H20N2O5S2. The first kappa shape index (κ1) is 19.1. The molecule has 148 valence electrons. The fourth-order valence-electron chi connectivity index (χ4n) is 3.14. The van der Waals surface area contributed by atoms with Gasteiger partial charge in [-0.2, -0.15) is 4.31 Å². The van der Waals surface area contributed by atoms with Gasteiger partial charge >= 0.3 is 0 Å². The van der Waals surface area contributed by atoms with Crippen molar-refractivity contribution in [3.05, 3.63) is 52.4 Å². The molecule has 0 spiro atoms. The maximum atomic E-state index is 12.9. The summed E-state index contributed by atoms with van der Waals surface area (Å²) in [6, 6.07) is 10.5. The highest BCUT2D eigenvalue weighted by Gasteiger charge is 2.31. The molecule has 0 saturated carbocycles. The lowest BCUT2D eigenvalue weighted by atomic mass is 10.2. The second-order valence-corrected chi connectivity index (χ2v) is 9.33. The highest BCUT2D eigenvalue weighted by Crippen LogP contribution is 2.28. The van der Waals surface area contributed by atoms with Crippen molar-refractivity contribution >= 4 is 38.2 Å². The number of furan rings is 1. The minimum absolute atomic E-state index is 0.0358. The Kier molecular flexibility index (Phi) is 5.24. The van der Waals surface area contributed by atoms with Gasteiger partial charge in [-0.25, -0.2) is 8.42 Å². The topological polar surface area (TPSA) is 88.9 Å². The predicted molar refractivity (Wildman–Crippen MR) is 106 cm³/mol. The maximum absolute atomic E-state index is 12.9. The first-order chi connectivity index (χ1) is 13.5. The van der Waals surface area contributed by atoms with Gasteiger partial charge < -0.3 is 14.5 Å². The average Bonchev–Trinajstić information content (AvgIpc) is 3.36. The Morgan fingerprint density at radius 2 is 1.96 bits per heavy atom. The number of benzene rings is 1. The summed E-state index contributed by atoms with van der Waals surface area (Å²) in [5.74, 6) is 0.179. The number of amides is 1. The molecule has 1 saturated heterocycles. The monoisotopic (exact) mass is 420 g/mol. The number of hydrogen-bond donors (Lipinski definition) is 1. The van der Waals surface area contributed by atoms with Crippen molar-refractivity contribution in [2.75, 3.05) is 26.3 Å². The zero-order valence-corrected chi connectivity index (χ0v) is 16.9. The summed E-state index contributed by atoms with van der Waals surface area (Å²) < 4.78 is 38.2. The van der Waals surface area contributed by atoms with Gasteiger partial charge in [-0.1, -0.05) is 18.2 Å². The summed E-state index contributed by atoms with van der Waals surface area (Å²) in [4.78, 5) is 13.0. The summed E-state index contributed by atoms with van der Waals surface area (Å²) >= 11 is 1.11. The van der Waals surface area contributed by atoms with Crippen LogP contribution in [0.2, 0.25) is 0 Å². The van der Waals surface area contributed by atoms with Crippen LogP contribution in [-0.2, 0) is 14.8 Å². The number of ether oxygens (including phenoxy) is 1. The third-order valence-electron chi connectivity index (χ3n) is 4.64. The second kappa shape index (κ2) is 7.67. The molecule has 1 fully saturated rings. The molecule has 9 heteroatoms. The van der Waals surface area contributed by atoms with Crippen LogP contribution in [0.25, 0.3) is 11.0 Å². The summed E-state index contributed by atoms with van der Waals surface area (Å²) in [7, 11) is -3.74. The van der Waals surface area contributed by atoms with Crippen molar-refractivity contribution in [1.29, 1.82) is 0 Å². The molecule has 3 aromatic rings. The average molecular weight is 421 g/mol. The van der Waals surface area contributed by atoms with E-state index in [1.807, 2.05) is 30.3 Å². The van der Waals surface area contributed by atoms with Crippen LogP contribution in [0.3, 0.4) is 0 Å². The Morgan fingerprint density at radius 1 is 1.21 bits per heavy atom. The lowest BCUT2D eigenvalue weighted by Gasteiger charge is -2.26. The molecule has 1 amide bonds. The van der Waals surface area contributed by atoms with Crippen molar-refractivity contribution in [2.45, 2.75) is 17.9 Å². The Labute approximate surface area is 166 Å². The van der Waals surface area contributed by atoms with E-state index in [1.165, 1.54) is 10.4 Å². The second-order valence-electron chi connectivity index (χ2n) is 6.51. The Hall–Kier alpha value is -2.20. The van der Waals surface area contributed by atoms with E-state index in [2.05, 4.69) is 5.32 Å². The van der Waals surface area contributed by atoms with Gasteiger partial charge in [-0.05, 0) is 30.5 Å². The van der Waals surface area contributed by atoms with Gasteiger partial charge in [-0.3, -0.25) is 4.79 Å². The molecule has 0 aliphatic carbocycles. The Morgan fingerprint density at radius 3 is 2.71 bits per heavy atom. The molecule has 0 bridgehead atoms. The van der Waals surface area contributed by atoms with Crippen LogP contribution in [-0.4, -0.2) is 44.9 Å². The number of para-hydroxylation sites is 1. The van der Waals surface area contributed by atoms with Gasteiger partial charge in [-0.15, -0.1) is 11.3 Å². The van der Waals surface area contributed by atoms with Gasteiger partial charge in [0.15, 0.2) is 0 Å². The van der Waals surface area contributed by atoms with Gasteiger partial charge in [0.25, 0.3) is 5.91 Å². The number of rotatable bonds is 5. The molecule has 4 rings (SSSR count). The SMILES string of the molecule is CC(NC(=O)c1sccc1S(=O)(=O)N1CCOCC1)c1cc2ccccc2o1. The van der Waals surface area contributed by atoms with E-state index in [0.29, 0.717) is 19.0 Å². The summed E-state index contributed by atoms with van der Waals surface area (Å²) in [6.07, 6.45) is 0. The van der Waals surface area contributed by atoms with Crippen LogP contribution < -0.4 is 5.32 Å². The van der Waals surface area contributed by atoms with Crippen LogP contribution >= 0.6 is 11.3 Å². The molecular weight excluding hydrogens is 400 g/mol. The van der Waals surface area contributed by atoms with E-state index >= 15 is 0 Å². The first-order valence-corrected chi connectivity index (χ1v) is 11.2. The van der Waals surface area contributed by atoms with Crippen LogP contribution in [0.5, 0.6) is 0 Å². The highest BCUT2D eigenvalue weighted by atomic mass is 32.2. The number of carbonyl (C=O) groups is 1. The van der Waals surface area contributed by atoms with Gasteiger partial charge in [0, 0.05) is 18.5 Å². The summed E-state index contributed by atoms with van der Waals surface area (Å²) in [5.41, 5.74) is 0.741. The molecule has 0 radical (unpaired) electrons. The van der Waals surface area contributed by atoms with E-state index in [0.717, 1.165) is 22.3 Å². The minimum Gasteiger partial charge on any atom is -0.459 e. The number of morpholine rings is 1. The third-order valence-corrected chi connectivity index (χ3v) is 7.63. The maximum Gasteiger partial charge on any atom is 0.263 e. The number of thiophene rings is 1. The standard InChI is InChI=1S/C19H20N2O5S2/c1-13(16-12-14-4-2-3-5-15(14)26-16)20-19(22)18-17(6-11-27-18)28(23,24)21-7-9-25-10-8-21/h2-6,11-13H,7-10H2,1H3,(H,20,22). The smallest absolute Gasteiger partial charge is 0.263 e. The lowest BCUT2D eigenvalue weighted by Crippen LogP contribution is -2.41. The van der Waals surface area contributed by atoms with E-state index in [4.69, 9.17) is 9.15 Å².